The first-order valence-corrected chi connectivity index (χ1v) is 10.9. The molecule has 2 amide bonds. The number of ether oxygens (including phenoxy) is 1. The molecule has 1 aromatic carbocycles. The van der Waals surface area contributed by atoms with Crippen molar-refractivity contribution in [3.8, 4) is 5.75 Å². The van der Waals surface area contributed by atoms with Crippen LogP contribution in [0.3, 0.4) is 0 Å². The second-order valence-corrected chi connectivity index (χ2v) is 8.81. The molecule has 2 fully saturated rings. The predicted octanol–water partition coefficient (Wildman–Crippen LogP) is 2.92. The molecule has 3 rings (SSSR count). The van der Waals surface area contributed by atoms with E-state index in [1.54, 1.807) is 12.0 Å². The average molecular weight is 402 g/mol. The average Bonchev–Trinajstić information content (AvgIpc) is 3.08. The molecule has 0 bridgehead atoms. The number of amides is 2. The highest BCUT2D eigenvalue weighted by Gasteiger charge is 2.34. The highest BCUT2D eigenvalue weighted by molar-refractivity contribution is 6.00. The molecular weight excluding hydrogens is 366 g/mol. The van der Waals surface area contributed by atoms with Gasteiger partial charge >= 0.3 is 0 Å². The number of unbranched alkanes of at least 4 members (excludes halogenated alkanes) is 1. The third-order valence-corrected chi connectivity index (χ3v) is 6.02. The van der Waals surface area contributed by atoms with Crippen LogP contribution in [0.4, 0.5) is 5.69 Å². The molecule has 2 heterocycles. The molecule has 2 aliphatic rings. The highest BCUT2D eigenvalue weighted by Crippen LogP contribution is 2.27. The van der Waals surface area contributed by atoms with Gasteiger partial charge in [0.25, 0.3) is 0 Å². The summed E-state index contributed by atoms with van der Waals surface area (Å²) in [5, 5.41) is 3.03. The van der Waals surface area contributed by atoms with Gasteiger partial charge in [-0.05, 0) is 61.9 Å². The highest BCUT2D eigenvalue weighted by atomic mass is 16.5. The van der Waals surface area contributed by atoms with Crippen molar-refractivity contribution < 1.29 is 14.3 Å². The normalized spacial score (nSPS) is 25.3. The van der Waals surface area contributed by atoms with Crippen LogP contribution in [-0.4, -0.2) is 56.5 Å². The Bertz CT molecular complexity index is 681. The molecule has 6 nitrogen and oxygen atoms in total. The first-order chi connectivity index (χ1) is 14.0. The van der Waals surface area contributed by atoms with Crippen molar-refractivity contribution in [1.82, 2.24) is 10.2 Å². The fraction of sp³-hybridized carbons (Fsp3) is 0.652. The second kappa shape index (κ2) is 10.1. The standard InChI is InChI=1S/C23H35N3O3/c1-17-12-18(2)15-25(14-17)11-5-4-10-24-23(28)19-13-22(27)26(16-19)20-6-8-21(29-3)9-7-20/h6-9,17-19H,4-5,10-16H2,1-3H3,(H,24,28). The van der Waals surface area contributed by atoms with Crippen molar-refractivity contribution in [2.24, 2.45) is 17.8 Å². The lowest BCUT2D eigenvalue weighted by Gasteiger charge is -2.34. The topological polar surface area (TPSA) is 61.9 Å². The van der Waals surface area contributed by atoms with Crippen LogP contribution in [0.5, 0.6) is 5.75 Å². The van der Waals surface area contributed by atoms with Gasteiger partial charge in [-0.1, -0.05) is 13.8 Å². The minimum absolute atomic E-state index is 0.00338. The van der Waals surface area contributed by atoms with E-state index in [1.165, 1.54) is 19.5 Å². The summed E-state index contributed by atoms with van der Waals surface area (Å²) in [7, 11) is 1.62. The van der Waals surface area contributed by atoms with Crippen LogP contribution in [0.2, 0.25) is 0 Å². The smallest absolute Gasteiger partial charge is 0.227 e. The molecule has 6 heteroatoms. The monoisotopic (exact) mass is 401 g/mol. The van der Waals surface area contributed by atoms with Gasteiger partial charge in [0.2, 0.25) is 11.8 Å². The van der Waals surface area contributed by atoms with Gasteiger partial charge in [-0.15, -0.1) is 0 Å². The zero-order chi connectivity index (χ0) is 20.8. The Kier molecular flexibility index (Phi) is 7.53. The van der Waals surface area contributed by atoms with Gasteiger partial charge in [-0.25, -0.2) is 0 Å². The fourth-order valence-electron chi connectivity index (χ4n) is 4.69. The Morgan fingerprint density at radius 3 is 2.45 bits per heavy atom. The minimum atomic E-state index is -0.270. The number of nitrogens with zero attached hydrogens (tertiary/aromatic N) is 2. The number of nitrogens with one attached hydrogen (secondary N) is 1. The summed E-state index contributed by atoms with van der Waals surface area (Å²) in [4.78, 5) is 29.1. The number of rotatable bonds is 8. The molecule has 3 unspecified atom stereocenters. The summed E-state index contributed by atoms with van der Waals surface area (Å²) >= 11 is 0. The zero-order valence-electron chi connectivity index (χ0n) is 18.0. The number of hydrogen-bond donors (Lipinski definition) is 1. The number of likely N-dealkylation sites (tertiary alicyclic amines) is 1. The molecule has 0 saturated carbocycles. The Labute approximate surface area is 174 Å². The van der Waals surface area contributed by atoms with Crippen molar-refractivity contribution in [1.29, 1.82) is 0 Å². The van der Waals surface area contributed by atoms with Crippen LogP contribution >= 0.6 is 0 Å². The van der Waals surface area contributed by atoms with Crippen molar-refractivity contribution >= 4 is 17.5 Å². The summed E-state index contributed by atoms with van der Waals surface area (Å²) in [5.41, 5.74) is 0.816. The van der Waals surface area contributed by atoms with Gasteiger partial charge in [-0.3, -0.25) is 9.59 Å². The van der Waals surface area contributed by atoms with Crippen LogP contribution in [0, 0.1) is 17.8 Å². The number of carbonyl (C=O) groups is 2. The Balaban J connectivity index is 1.37. The maximum absolute atomic E-state index is 12.5. The minimum Gasteiger partial charge on any atom is -0.497 e. The van der Waals surface area contributed by atoms with Gasteiger partial charge in [0.1, 0.15) is 5.75 Å². The molecule has 2 saturated heterocycles. The van der Waals surface area contributed by atoms with Crippen molar-refractivity contribution in [3.05, 3.63) is 24.3 Å². The molecule has 0 radical (unpaired) electrons. The van der Waals surface area contributed by atoms with Crippen molar-refractivity contribution in [3.63, 3.8) is 0 Å². The third kappa shape index (κ3) is 5.95. The summed E-state index contributed by atoms with van der Waals surface area (Å²) in [6.45, 7) is 9.30. The van der Waals surface area contributed by atoms with E-state index in [4.69, 9.17) is 4.74 Å². The Morgan fingerprint density at radius 1 is 1.10 bits per heavy atom. The summed E-state index contributed by atoms with van der Waals surface area (Å²) in [5.74, 6) is 2.05. The number of hydrogen-bond acceptors (Lipinski definition) is 4. The van der Waals surface area contributed by atoms with Gasteiger partial charge < -0.3 is 19.9 Å². The van der Waals surface area contributed by atoms with E-state index >= 15 is 0 Å². The maximum atomic E-state index is 12.5. The van der Waals surface area contributed by atoms with Crippen molar-refractivity contribution in [2.75, 3.05) is 44.7 Å². The van der Waals surface area contributed by atoms with E-state index in [9.17, 15) is 9.59 Å². The lowest BCUT2D eigenvalue weighted by Crippen LogP contribution is -2.39. The molecule has 3 atom stereocenters. The summed E-state index contributed by atoms with van der Waals surface area (Å²) < 4.78 is 5.16. The lowest BCUT2D eigenvalue weighted by atomic mass is 9.92. The van der Waals surface area contributed by atoms with Gasteiger partial charge in [0, 0.05) is 38.3 Å². The first-order valence-electron chi connectivity index (χ1n) is 10.9. The van der Waals surface area contributed by atoms with E-state index in [2.05, 4.69) is 24.1 Å². The van der Waals surface area contributed by atoms with E-state index in [-0.39, 0.29) is 24.2 Å². The SMILES string of the molecule is COc1ccc(N2CC(C(=O)NCCCCN3CC(C)CC(C)C3)CC2=O)cc1. The summed E-state index contributed by atoms with van der Waals surface area (Å²) in [6, 6.07) is 7.39. The number of anilines is 1. The van der Waals surface area contributed by atoms with Gasteiger partial charge in [0.15, 0.2) is 0 Å². The molecule has 1 aromatic rings. The van der Waals surface area contributed by atoms with Crippen LogP contribution in [-0.2, 0) is 9.59 Å². The molecule has 1 N–H and O–H groups in total. The van der Waals surface area contributed by atoms with E-state index in [0.29, 0.717) is 13.1 Å². The fourth-order valence-corrected chi connectivity index (χ4v) is 4.69. The van der Waals surface area contributed by atoms with Crippen molar-refractivity contribution in [2.45, 2.75) is 39.5 Å². The third-order valence-electron chi connectivity index (χ3n) is 6.02. The molecule has 0 aromatic heterocycles. The Hall–Kier alpha value is -2.08. The molecule has 29 heavy (non-hydrogen) atoms. The molecule has 160 valence electrons. The van der Waals surface area contributed by atoms with Crippen LogP contribution in [0.25, 0.3) is 0 Å². The molecular formula is C23H35N3O3. The van der Waals surface area contributed by atoms with E-state index < -0.39 is 0 Å². The lowest BCUT2D eigenvalue weighted by molar-refractivity contribution is -0.126. The predicted molar refractivity (Wildman–Crippen MR) is 115 cm³/mol. The largest absolute Gasteiger partial charge is 0.497 e. The van der Waals surface area contributed by atoms with Crippen LogP contribution in [0.1, 0.15) is 39.5 Å². The first kappa shape index (κ1) is 21.6. The van der Waals surface area contributed by atoms with E-state index in [0.717, 1.165) is 42.7 Å². The second-order valence-electron chi connectivity index (χ2n) is 8.81. The number of benzene rings is 1. The quantitative estimate of drug-likeness (QED) is 0.681. The van der Waals surface area contributed by atoms with Crippen LogP contribution in [0.15, 0.2) is 24.3 Å². The molecule has 0 spiro atoms. The van der Waals surface area contributed by atoms with Gasteiger partial charge in [-0.2, -0.15) is 0 Å². The number of carbonyl (C=O) groups excluding carboxylic acids is 2. The van der Waals surface area contributed by atoms with E-state index in [1.807, 2.05) is 24.3 Å². The zero-order valence-corrected chi connectivity index (χ0v) is 18.0. The number of piperidine rings is 1. The Morgan fingerprint density at radius 2 is 1.79 bits per heavy atom. The summed E-state index contributed by atoms with van der Waals surface area (Å²) in [6.07, 6.45) is 3.69. The molecule has 0 aliphatic carbocycles. The number of methoxy groups -OCH3 is 1. The molecule has 2 aliphatic heterocycles. The maximum Gasteiger partial charge on any atom is 0.227 e. The van der Waals surface area contributed by atoms with Crippen LogP contribution < -0.4 is 15.0 Å². The van der Waals surface area contributed by atoms with Gasteiger partial charge in [0.05, 0.1) is 13.0 Å².